The molecule has 0 saturated carbocycles. The lowest BCUT2D eigenvalue weighted by molar-refractivity contribution is -0.138. The SMILES string of the molecule is CCC(=Nc1cccc(C(F)(F)F)c1)C(CCc1ccccc1)=Nc1cccc(C(F)(F)F)c1. The first-order valence-electron chi connectivity index (χ1n) is 10.6. The standard InChI is InChI=1S/C26H22F6N2/c1-2-23(33-21-12-6-10-19(16-21)25(27,28)29)24(15-14-18-8-4-3-5-9-18)34-22-13-7-11-20(17-22)26(30,31)32/h3-13,16-17H,2,14-15H2,1H3. The van der Waals surface area contributed by atoms with Gasteiger partial charge in [0.25, 0.3) is 0 Å². The number of hydrogen-bond donors (Lipinski definition) is 0. The van der Waals surface area contributed by atoms with Crippen LogP contribution in [0.4, 0.5) is 37.7 Å². The van der Waals surface area contributed by atoms with Gasteiger partial charge in [-0.05, 0) is 61.2 Å². The first-order valence-corrected chi connectivity index (χ1v) is 10.6. The third kappa shape index (κ3) is 7.04. The van der Waals surface area contributed by atoms with Crippen LogP contribution in [0.25, 0.3) is 0 Å². The predicted molar refractivity (Wildman–Crippen MR) is 122 cm³/mol. The van der Waals surface area contributed by atoms with E-state index in [0.29, 0.717) is 30.7 Å². The average molecular weight is 476 g/mol. The Morgan fingerprint density at radius 2 is 1.15 bits per heavy atom. The van der Waals surface area contributed by atoms with Crippen molar-refractivity contribution in [2.24, 2.45) is 9.98 Å². The fourth-order valence-corrected chi connectivity index (χ4v) is 3.34. The van der Waals surface area contributed by atoms with Crippen molar-refractivity contribution in [1.29, 1.82) is 0 Å². The van der Waals surface area contributed by atoms with Gasteiger partial charge in [0, 0.05) is 0 Å². The van der Waals surface area contributed by atoms with Gasteiger partial charge in [-0.15, -0.1) is 0 Å². The van der Waals surface area contributed by atoms with Crippen molar-refractivity contribution in [2.75, 3.05) is 0 Å². The molecule has 3 aromatic carbocycles. The van der Waals surface area contributed by atoms with Crippen LogP contribution >= 0.6 is 0 Å². The second-order valence-electron chi connectivity index (χ2n) is 7.55. The molecule has 0 amide bonds. The largest absolute Gasteiger partial charge is 0.416 e. The molecule has 0 bridgehead atoms. The fourth-order valence-electron chi connectivity index (χ4n) is 3.34. The smallest absolute Gasteiger partial charge is 0.252 e. The maximum atomic E-state index is 13.2. The van der Waals surface area contributed by atoms with Crippen LogP contribution < -0.4 is 0 Å². The van der Waals surface area contributed by atoms with Gasteiger partial charge in [0.05, 0.1) is 33.9 Å². The van der Waals surface area contributed by atoms with E-state index in [1.807, 2.05) is 30.3 Å². The van der Waals surface area contributed by atoms with E-state index in [1.165, 1.54) is 24.3 Å². The van der Waals surface area contributed by atoms with Gasteiger partial charge in [0.2, 0.25) is 0 Å². The fraction of sp³-hybridized carbons (Fsp3) is 0.231. The van der Waals surface area contributed by atoms with Crippen LogP contribution in [0.15, 0.2) is 88.8 Å². The molecule has 0 unspecified atom stereocenters. The van der Waals surface area contributed by atoms with Crippen LogP contribution in [-0.4, -0.2) is 11.4 Å². The van der Waals surface area contributed by atoms with Crippen LogP contribution in [-0.2, 0) is 18.8 Å². The first-order chi connectivity index (χ1) is 16.1. The summed E-state index contributed by atoms with van der Waals surface area (Å²) in [6, 6.07) is 18.7. The van der Waals surface area contributed by atoms with Gasteiger partial charge in [0.15, 0.2) is 0 Å². The normalized spacial score (nSPS) is 13.3. The Labute approximate surface area is 193 Å². The maximum Gasteiger partial charge on any atom is 0.416 e. The van der Waals surface area contributed by atoms with Gasteiger partial charge in [-0.1, -0.05) is 49.4 Å². The van der Waals surface area contributed by atoms with Crippen molar-refractivity contribution in [3.05, 3.63) is 95.6 Å². The molecule has 0 N–H and O–H groups in total. The molecule has 3 rings (SSSR count). The number of benzene rings is 3. The molecule has 0 spiro atoms. The van der Waals surface area contributed by atoms with Gasteiger partial charge in [-0.3, -0.25) is 9.98 Å². The maximum absolute atomic E-state index is 13.2. The number of aryl methyl sites for hydroxylation is 1. The van der Waals surface area contributed by atoms with E-state index >= 15 is 0 Å². The molecule has 3 aromatic rings. The number of aliphatic imine (C=N–C) groups is 2. The summed E-state index contributed by atoms with van der Waals surface area (Å²) in [4.78, 5) is 8.84. The number of hydrogen-bond acceptors (Lipinski definition) is 2. The summed E-state index contributed by atoms with van der Waals surface area (Å²) < 4.78 is 78.8. The molecule has 0 aliphatic carbocycles. The van der Waals surface area contributed by atoms with Crippen LogP contribution in [0, 0.1) is 0 Å². The molecule has 0 saturated heterocycles. The summed E-state index contributed by atoms with van der Waals surface area (Å²) >= 11 is 0. The van der Waals surface area contributed by atoms with E-state index in [2.05, 4.69) is 9.98 Å². The summed E-state index contributed by atoms with van der Waals surface area (Å²) in [6.45, 7) is 1.77. The topological polar surface area (TPSA) is 24.7 Å². The Morgan fingerprint density at radius 1 is 0.647 bits per heavy atom. The van der Waals surface area contributed by atoms with Crippen LogP contribution in [0.2, 0.25) is 0 Å². The molecule has 0 radical (unpaired) electrons. The number of nitrogens with zero attached hydrogens (tertiary/aromatic N) is 2. The molecule has 178 valence electrons. The van der Waals surface area contributed by atoms with Crippen molar-refractivity contribution in [3.8, 4) is 0 Å². The average Bonchev–Trinajstić information content (AvgIpc) is 2.80. The molecule has 0 fully saturated rings. The molecule has 34 heavy (non-hydrogen) atoms. The second kappa shape index (κ2) is 10.7. The molecule has 0 heterocycles. The van der Waals surface area contributed by atoms with Gasteiger partial charge < -0.3 is 0 Å². The lowest BCUT2D eigenvalue weighted by atomic mass is 10.0. The minimum atomic E-state index is -4.52. The van der Waals surface area contributed by atoms with Crippen molar-refractivity contribution >= 4 is 22.8 Å². The summed E-state index contributed by atoms with van der Waals surface area (Å²) in [7, 11) is 0. The zero-order valence-electron chi connectivity index (χ0n) is 18.3. The lowest BCUT2D eigenvalue weighted by Crippen LogP contribution is -2.14. The van der Waals surface area contributed by atoms with E-state index in [9.17, 15) is 26.3 Å². The lowest BCUT2D eigenvalue weighted by Gasteiger charge is -2.12. The van der Waals surface area contributed by atoms with E-state index < -0.39 is 23.5 Å². The van der Waals surface area contributed by atoms with Gasteiger partial charge in [0.1, 0.15) is 0 Å². The van der Waals surface area contributed by atoms with Gasteiger partial charge >= 0.3 is 12.4 Å². The van der Waals surface area contributed by atoms with Crippen LogP contribution in [0.3, 0.4) is 0 Å². The van der Waals surface area contributed by atoms with E-state index in [0.717, 1.165) is 29.8 Å². The van der Waals surface area contributed by atoms with Crippen LogP contribution in [0.5, 0.6) is 0 Å². The molecule has 0 aliphatic rings. The van der Waals surface area contributed by atoms with Gasteiger partial charge in [-0.2, -0.15) is 26.3 Å². The Kier molecular flexibility index (Phi) is 7.91. The minimum Gasteiger partial charge on any atom is -0.252 e. The molecule has 0 aromatic heterocycles. The zero-order chi connectivity index (χ0) is 24.8. The number of halogens is 6. The van der Waals surface area contributed by atoms with Gasteiger partial charge in [-0.25, -0.2) is 0 Å². The van der Waals surface area contributed by atoms with Crippen molar-refractivity contribution < 1.29 is 26.3 Å². The zero-order valence-corrected chi connectivity index (χ0v) is 18.3. The Morgan fingerprint density at radius 3 is 1.62 bits per heavy atom. The molecule has 8 heteroatoms. The van der Waals surface area contributed by atoms with Crippen LogP contribution in [0.1, 0.15) is 36.5 Å². The minimum absolute atomic E-state index is 0.100. The molecule has 0 atom stereocenters. The molecular formula is C26H22F6N2. The first kappa shape index (κ1) is 25.2. The van der Waals surface area contributed by atoms with E-state index in [-0.39, 0.29) is 11.4 Å². The molecular weight excluding hydrogens is 454 g/mol. The highest BCUT2D eigenvalue weighted by atomic mass is 19.4. The van der Waals surface area contributed by atoms with Crippen molar-refractivity contribution in [2.45, 2.75) is 38.5 Å². The molecule has 0 aliphatic heterocycles. The quantitative estimate of drug-likeness (QED) is 0.241. The highest BCUT2D eigenvalue weighted by Crippen LogP contribution is 2.33. The molecule has 2 nitrogen and oxygen atoms in total. The third-order valence-corrected chi connectivity index (χ3v) is 5.04. The monoisotopic (exact) mass is 476 g/mol. The Hall–Kier alpha value is -3.42. The number of alkyl halides is 6. The van der Waals surface area contributed by atoms with Crippen molar-refractivity contribution in [3.63, 3.8) is 0 Å². The Bertz CT molecular complexity index is 1160. The second-order valence-corrected chi connectivity index (χ2v) is 7.55. The third-order valence-electron chi connectivity index (χ3n) is 5.04. The van der Waals surface area contributed by atoms with Crippen molar-refractivity contribution in [1.82, 2.24) is 0 Å². The Balaban J connectivity index is 2.03. The highest BCUT2D eigenvalue weighted by molar-refractivity contribution is 6.43. The summed E-state index contributed by atoms with van der Waals surface area (Å²) in [5.74, 6) is 0. The highest BCUT2D eigenvalue weighted by Gasteiger charge is 2.31. The summed E-state index contributed by atoms with van der Waals surface area (Å²) in [5, 5.41) is 0. The van der Waals surface area contributed by atoms with E-state index in [1.54, 1.807) is 6.92 Å². The summed E-state index contributed by atoms with van der Waals surface area (Å²) in [5.41, 5.74) is 0.365. The summed E-state index contributed by atoms with van der Waals surface area (Å²) in [6.07, 6.45) is -7.80. The predicted octanol–water partition coefficient (Wildman–Crippen LogP) is 8.61. The van der Waals surface area contributed by atoms with E-state index in [4.69, 9.17) is 0 Å². The number of rotatable bonds is 7.